The van der Waals surface area contributed by atoms with Crippen LogP contribution in [-0.4, -0.2) is 21.4 Å². The zero-order valence-electron chi connectivity index (χ0n) is 13.0. The van der Waals surface area contributed by atoms with Gasteiger partial charge in [-0.1, -0.05) is 18.2 Å². The van der Waals surface area contributed by atoms with Gasteiger partial charge in [0.1, 0.15) is 17.6 Å². The summed E-state index contributed by atoms with van der Waals surface area (Å²) in [7, 11) is 0. The van der Waals surface area contributed by atoms with Crippen molar-refractivity contribution in [3.63, 3.8) is 0 Å². The van der Waals surface area contributed by atoms with E-state index in [9.17, 15) is 18.0 Å². The zero-order valence-corrected chi connectivity index (χ0v) is 13.0. The molecule has 1 N–H and O–H groups in total. The van der Waals surface area contributed by atoms with E-state index in [0.717, 1.165) is 23.2 Å². The third-order valence-electron chi connectivity index (χ3n) is 3.68. The first-order valence-corrected chi connectivity index (χ1v) is 7.53. The molecule has 0 aliphatic heterocycles. The fraction of sp³-hybridized carbons (Fsp3) is 0.235. The summed E-state index contributed by atoms with van der Waals surface area (Å²) in [5, 5.41) is 10.4. The second kappa shape index (κ2) is 6.92. The number of ether oxygens (including phenoxy) is 1. The van der Waals surface area contributed by atoms with Gasteiger partial charge < -0.3 is 4.74 Å². The van der Waals surface area contributed by atoms with Gasteiger partial charge >= 0.3 is 12.1 Å². The van der Waals surface area contributed by atoms with Gasteiger partial charge in [-0.2, -0.15) is 28.6 Å². The summed E-state index contributed by atoms with van der Waals surface area (Å²) in [6.45, 7) is 0.106. The number of halogens is 3. The highest BCUT2D eigenvalue weighted by Gasteiger charge is 2.29. The summed E-state index contributed by atoms with van der Waals surface area (Å²) >= 11 is 0. The number of carbonyl (C=O) groups excluding carboxylic acids is 1. The summed E-state index contributed by atoms with van der Waals surface area (Å²) in [6.07, 6.45) is -3.95. The molecule has 0 unspecified atom stereocenters. The highest BCUT2D eigenvalue weighted by molar-refractivity contribution is 5.74. The first kappa shape index (κ1) is 16.9. The maximum absolute atomic E-state index is 12.5. The molecule has 0 saturated carbocycles. The first-order valence-electron chi connectivity index (χ1n) is 7.53. The fourth-order valence-corrected chi connectivity index (χ4v) is 2.32. The maximum atomic E-state index is 12.5. The van der Waals surface area contributed by atoms with Crippen molar-refractivity contribution >= 4 is 17.0 Å². The molecule has 2 aromatic carbocycles. The van der Waals surface area contributed by atoms with E-state index in [0.29, 0.717) is 17.5 Å². The van der Waals surface area contributed by atoms with Crippen LogP contribution in [0, 0.1) is 0 Å². The molecule has 0 radical (unpaired) electrons. The van der Waals surface area contributed by atoms with Crippen molar-refractivity contribution < 1.29 is 22.7 Å². The van der Waals surface area contributed by atoms with Crippen LogP contribution in [0.25, 0.3) is 11.0 Å². The number of alkyl halides is 3. The summed E-state index contributed by atoms with van der Waals surface area (Å²) in [5.41, 5.74) is 2.12. The molecule has 0 amide bonds. The van der Waals surface area contributed by atoms with Crippen molar-refractivity contribution in [1.82, 2.24) is 15.4 Å². The summed E-state index contributed by atoms with van der Waals surface area (Å²) in [6, 6.07) is 10.1. The van der Waals surface area contributed by atoms with Crippen LogP contribution in [0.15, 0.2) is 42.5 Å². The molecular formula is C17H14F3N3O2. The number of rotatable bonds is 5. The number of nitrogens with zero attached hydrogens (tertiary/aromatic N) is 2. The Bertz CT molecular complexity index is 873. The summed E-state index contributed by atoms with van der Waals surface area (Å²) < 4.78 is 42.6. The first-order chi connectivity index (χ1) is 11.9. The van der Waals surface area contributed by atoms with Crippen LogP contribution in [0.3, 0.4) is 0 Å². The van der Waals surface area contributed by atoms with Crippen LogP contribution < -0.4 is 0 Å². The molecule has 0 saturated heterocycles. The van der Waals surface area contributed by atoms with Crippen LogP contribution in [-0.2, 0) is 28.7 Å². The molecule has 0 atom stereocenters. The van der Waals surface area contributed by atoms with E-state index in [2.05, 4.69) is 15.4 Å². The predicted octanol–water partition coefficient (Wildman–Crippen LogP) is 3.65. The minimum Gasteiger partial charge on any atom is -0.461 e. The molecule has 3 aromatic rings. The Morgan fingerprint density at radius 3 is 2.40 bits per heavy atom. The number of benzene rings is 2. The van der Waals surface area contributed by atoms with Gasteiger partial charge in [0.2, 0.25) is 0 Å². The predicted molar refractivity (Wildman–Crippen MR) is 83.4 cm³/mol. The van der Waals surface area contributed by atoms with Gasteiger partial charge in [-0.25, -0.2) is 0 Å². The maximum Gasteiger partial charge on any atom is 0.416 e. The quantitative estimate of drug-likeness (QED) is 0.714. The Hall–Kier alpha value is -2.90. The minimum atomic E-state index is -4.36. The van der Waals surface area contributed by atoms with Crippen molar-refractivity contribution in [3.05, 3.63) is 59.2 Å². The Morgan fingerprint density at radius 1 is 1.00 bits per heavy atom. The van der Waals surface area contributed by atoms with E-state index >= 15 is 0 Å². The topological polar surface area (TPSA) is 67.9 Å². The van der Waals surface area contributed by atoms with Crippen molar-refractivity contribution in [2.75, 3.05) is 0 Å². The number of aryl methyl sites for hydroxylation is 1. The van der Waals surface area contributed by atoms with E-state index < -0.39 is 17.7 Å². The van der Waals surface area contributed by atoms with Gasteiger partial charge in [0, 0.05) is 6.42 Å². The molecular weight excluding hydrogens is 335 g/mol. The lowest BCUT2D eigenvalue weighted by atomic mass is 10.1. The Labute approximate surface area is 140 Å². The van der Waals surface area contributed by atoms with Crippen LogP contribution in [0.4, 0.5) is 13.2 Å². The van der Waals surface area contributed by atoms with E-state index in [-0.39, 0.29) is 13.0 Å². The van der Waals surface area contributed by atoms with Gasteiger partial charge in [-0.05, 0) is 41.8 Å². The molecule has 25 heavy (non-hydrogen) atoms. The van der Waals surface area contributed by atoms with Crippen molar-refractivity contribution in [2.45, 2.75) is 25.6 Å². The summed E-state index contributed by atoms with van der Waals surface area (Å²) in [5.74, 6) is -0.417. The van der Waals surface area contributed by atoms with Crippen LogP contribution >= 0.6 is 0 Å². The van der Waals surface area contributed by atoms with Crippen LogP contribution in [0.1, 0.15) is 23.1 Å². The monoisotopic (exact) mass is 349 g/mol. The lowest BCUT2D eigenvalue weighted by molar-refractivity contribution is -0.145. The molecule has 0 fully saturated rings. The molecule has 0 aliphatic rings. The highest BCUT2D eigenvalue weighted by atomic mass is 19.4. The van der Waals surface area contributed by atoms with Crippen LogP contribution in [0.5, 0.6) is 0 Å². The van der Waals surface area contributed by atoms with Crippen molar-refractivity contribution in [2.24, 2.45) is 0 Å². The minimum absolute atomic E-state index is 0.0948. The Kier molecular flexibility index (Phi) is 4.69. The van der Waals surface area contributed by atoms with Crippen molar-refractivity contribution in [1.29, 1.82) is 0 Å². The van der Waals surface area contributed by atoms with Gasteiger partial charge in [0.25, 0.3) is 0 Å². The average molecular weight is 349 g/mol. The SMILES string of the molecule is O=C(CCc1ccc(C(F)(F)F)cc1)OCc1ccc2n[nH]nc2c1. The fourth-order valence-electron chi connectivity index (χ4n) is 2.32. The summed E-state index contributed by atoms with van der Waals surface area (Å²) in [4.78, 5) is 11.8. The Balaban J connectivity index is 1.49. The second-order valence-electron chi connectivity index (χ2n) is 5.50. The molecule has 1 heterocycles. The van der Waals surface area contributed by atoms with E-state index in [4.69, 9.17) is 4.74 Å². The zero-order chi connectivity index (χ0) is 17.9. The molecule has 5 nitrogen and oxygen atoms in total. The number of esters is 1. The number of nitrogens with one attached hydrogen (secondary N) is 1. The van der Waals surface area contributed by atoms with E-state index in [1.807, 2.05) is 0 Å². The molecule has 3 rings (SSSR count). The number of hydrogen-bond acceptors (Lipinski definition) is 4. The van der Waals surface area contributed by atoms with Crippen molar-refractivity contribution in [3.8, 4) is 0 Å². The largest absolute Gasteiger partial charge is 0.461 e. The third-order valence-corrected chi connectivity index (χ3v) is 3.68. The lowest BCUT2D eigenvalue weighted by Gasteiger charge is -2.08. The lowest BCUT2D eigenvalue weighted by Crippen LogP contribution is -2.07. The Morgan fingerprint density at radius 2 is 1.68 bits per heavy atom. The number of hydrogen-bond donors (Lipinski definition) is 1. The molecule has 0 bridgehead atoms. The smallest absolute Gasteiger partial charge is 0.416 e. The molecule has 130 valence electrons. The highest BCUT2D eigenvalue weighted by Crippen LogP contribution is 2.29. The van der Waals surface area contributed by atoms with Gasteiger partial charge in [-0.3, -0.25) is 4.79 Å². The number of H-pyrrole nitrogens is 1. The number of carbonyl (C=O) groups is 1. The molecule has 8 heteroatoms. The van der Waals surface area contributed by atoms with E-state index in [1.54, 1.807) is 18.2 Å². The molecule has 1 aromatic heterocycles. The molecule has 0 aliphatic carbocycles. The van der Waals surface area contributed by atoms with Gasteiger partial charge in [-0.15, -0.1) is 0 Å². The molecule has 0 spiro atoms. The number of aromatic nitrogens is 3. The standard InChI is InChI=1S/C17H14F3N3O2/c18-17(19,20)13-5-1-11(2-6-13)4-8-16(24)25-10-12-3-7-14-15(9-12)22-23-21-14/h1-3,5-7,9H,4,8,10H2,(H,21,22,23). The average Bonchev–Trinajstić information content (AvgIpc) is 3.05. The third kappa shape index (κ3) is 4.34. The van der Waals surface area contributed by atoms with E-state index in [1.165, 1.54) is 12.1 Å². The second-order valence-corrected chi connectivity index (χ2v) is 5.50. The number of fused-ring (bicyclic) bond motifs is 1. The normalized spacial score (nSPS) is 11.6. The van der Waals surface area contributed by atoms with Gasteiger partial charge in [0.05, 0.1) is 5.56 Å². The van der Waals surface area contributed by atoms with Gasteiger partial charge in [0.15, 0.2) is 0 Å². The number of aromatic amines is 1. The van der Waals surface area contributed by atoms with Crippen LogP contribution in [0.2, 0.25) is 0 Å².